The Kier molecular flexibility index (Phi) is 2.81. The maximum absolute atomic E-state index is 11.8. The molecule has 0 saturated carbocycles. The summed E-state index contributed by atoms with van der Waals surface area (Å²) in [5, 5.41) is 0. The van der Waals surface area contributed by atoms with Gasteiger partial charge >= 0.3 is 6.09 Å². The molecule has 0 amide bonds. The van der Waals surface area contributed by atoms with Crippen molar-refractivity contribution in [2.75, 3.05) is 0 Å². The van der Waals surface area contributed by atoms with Gasteiger partial charge in [0.2, 0.25) is 0 Å². The summed E-state index contributed by atoms with van der Waals surface area (Å²) < 4.78 is 6.62. The Labute approximate surface area is 101 Å². The molecule has 4 nitrogen and oxygen atoms in total. The first-order valence-corrected chi connectivity index (χ1v) is 5.84. The summed E-state index contributed by atoms with van der Waals surface area (Å²) in [7, 11) is 0. The van der Waals surface area contributed by atoms with E-state index in [0.717, 1.165) is 18.4 Å². The van der Waals surface area contributed by atoms with Gasteiger partial charge in [0.05, 0.1) is 0 Å². The van der Waals surface area contributed by atoms with Crippen molar-refractivity contribution >= 4 is 11.9 Å². The van der Waals surface area contributed by atoms with Gasteiger partial charge in [-0.15, -0.1) is 0 Å². The zero-order valence-electron chi connectivity index (χ0n) is 10.4. The van der Waals surface area contributed by atoms with Gasteiger partial charge < -0.3 is 4.74 Å². The van der Waals surface area contributed by atoms with E-state index in [1.165, 1.54) is 4.57 Å². The van der Waals surface area contributed by atoms with Gasteiger partial charge in [0.15, 0.2) is 5.78 Å². The van der Waals surface area contributed by atoms with Crippen LogP contribution in [-0.2, 0) is 11.2 Å². The van der Waals surface area contributed by atoms with Crippen LogP contribution in [0.25, 0.3) is 0 Å². The molecule has 92 valence electrons. The lowest BCUT2D eigenvalue weighted by molar-refractivity contribution is 0.0537. The highest BCUT2D eigenvalue weighted by molar-refractivity contribution is 5.99. The lowest BCUT2D eigenvalue weighted by Gasteiger charge is -2.19. The van der Waals surface area contributed by atoms with Gasteiger partial charge in [-0.05, 0) is 39.2 Å². The van der Waals surface area contributed by atoms with Crippen molar-refractivity contribution in [3.05, 3.63) is 23.5 Å². The number of fused-ring (bicyclic) bond motifs is 1. The molecule has 0 bridgehead atoms. The minimum absolute atomic E-state index is 0.119. The van der Waals surface area contributed by atoms with Gasteiger partial charge in [-0.1, -0.05) is 0 Å². The number of aryl methyl sites for hydroxylation is 1. The second-order valence-corrected chi connectivity index (χ2v) is 5.36. The lowest BCUT2D eigenvalue weighted by atomic mass is 9.95. The molecule has 1 aliphatic rings. The lowest BCUT2D eigenvalue weighted by Crippen LogP contribution is -2.26. The Hall–Kier alpha value is -1.58. The van der Waals surface area contributed by atoms with Gasteiger partial charge in [0, 0.05) is 24.4 Å². The molecule has 0 unspecified atom stereocenters. The molecule has 1 heterocycles. The molecule has 1 aromatic rings. The second-order valence-electron chi connectivity index (χ2n) is 5.36. The van der Waals surface area contributed by atoms with Crippen molar-refractivity contribution in [1.82, 2.24) is 4.57 Å². The van der Waals surface area contributed by atoms with Crippen LogP contribution in [0.4, 0.5) is 4.79 Å². The van der Waals surface area contributed by atoms with Crippen LogP contribution in [0.1, 0.15) is 49.5 Å². The molecule has 0 spiro atoms. The van der Waals surface area contributed by atoms with E-state index < -0.39 is 11.7 Å². The molecule has 4 heteroatoms. The van der Waals surface area contributed by atoms with Crippen LogP contribution >= 0.6 is 0 Å². The molecular formula is C13H17NO3. The zero-order chi connectivity index (χ0) is 12.6. The first-order chi connectivity index (χ1) is 7.87. The largest absolute Gasteiger partial charge is 0.443 e. The SMILES string of the molecule is CC(C)(C)OC(=O)n1cc2c(c1)C(=O)CCC2. The summed E-state index contributed by atoms with van der Waals surface area (Å²) in [6, 6.07) is 0. The first-order valence-electron chi connectivity index (χ1n) is 5.84. The second kappa shape index (κ2) is 4.02. The fraction of sp³-hybridized carbons (Fsp3) is 0.538. The fourth-order valence-corrected chi connectivity index (χ4v) is 1.94. The van der Waals surface area contributed by atoms with Crippen LogP contribution in [0.3, 0.4) is 0 Å². The van der Waals surface area contributed by atoms with Gasteiger partial charge in [-0.25, -0.2) is 4.79 Å². The Morgan fingerprint density at radius 2 is 2.00 bits per heavy atom. The van der Waals surface area contributed by atoms with Crippen molar-refractivity contribution in [2.24, 2.45) is 0 Å². The minimum atomic E-state index is -0.522. The van der Waals surface area contributed by atoms with E-state index in [2.05, 4.69) is 0 Å². The number of carbonyl (C=O) groups excluding carboxylic acids is 2. The van der Waals surface area contributed by atoms with Gasteiger partial charge in [0.25, 0.3) is 0 Å². The van der Waals surface area contributed by atoms with Gasteiger partial charge in [-0.2, -0.15) is 0 Å². The number of ketones is 1. The standard InChI is InChI=1S/C13H17NO3/c1-13(2,3)17-12(16)14-7-9-5-4-6-11(15)10(9)8-14/h7-8H,4-6H2,1-3H3. The maximum atomic E-state index is 11.8. The number of hydrogen-bond donors (Lipinski definition) is 0. The monoisotopic (exact) mass is 235 g/mol. The average Bonchev–Trinajstić information content (AvgIpc) is 2.60. The molecule has 0 saturated heterocycles. The average molecular weight is 235 g/mol. The summed E-state index contributed by atoms with van der Waals surface area (Å²) >= 11 is 0. The number of ether oxygens (including phenoxy) is 1. The normalized spacial score (nSPS) is 15.6. The maximum Gasteiger partial charge on any atom is 0.418 e. The Balaban J connectivity index is 2.23. The summed E-state index contributed by atoms with van der Waals surface area (Å²) in [6.45, 7) is 5.46. The number of rotatable bonds is 0. The van der Waals surface area contributed by atoms with Crippen LogP contribution in [0.15, 0.2) is 12.4 Å². The highest BCUT2D eigenvalue weighted by Crippen LogP contribution is 2.22. The van der Waals surface area contributed by atoms with Crippen LogP contribution < -0.4 is 0 Å². The third-order valence-electron chi connectivity index (χ3n) is 2.66. The van der Waals surface area contributed by atoms with E-state index in [4.69, 9.17) is 4.74 Å². The number of Topliss-reactive ketones (excluding diaryl/α,β-unsaturated/α-hetero) is 1. The van der Waals surface area contributed by atoms with E-state index in [1.807, 2.05) is 20.8 Å². The summed E-state index contributed by atoms with van der Waals surface area (Å²) in [5.74, 6) is 0.119. The quantitative estimate of drug-likeness (QED) is 0.694. The number of nitrogens with zero attached hydrogens (tertiary/aromatic N) is 1. The van der Waals surface area contributed by atoms with E-state index in [-0.39, 0.29) is 5.78 Å². The van der Waals surface area contributed by atoms with E-state index in [0.29, 0.717) is 12.0 Å². The molecule has 0 aliphatic heterocycles. The van der Waals surface area contributed by atoms with Crippen LogP contribution in [0.5, 0.6) is 0 Å². The van der Waals surface area contributed by atoms with E-state index in [1.54, 1.807) is 12.4 Å². The Morgan fingerprint density at radius 1 is 1.29 bits per heavy atom. The van der Waals surface area contributed by atoms with Crippen LogP contribution in [0.2, 0.25) is 0 Å². The van der Waals surface area contributed by atoms with Gasteiger partial charge in [0.1, 0.15) is 5.60 Å². The Bertz CT molecular complexity index is 465. The third kappa shape index (κ3) is 2.57. The predicted octanol–water partition coefficient (Wildman–Crippen LogP) is 2.79. The molecule has 2 rings (SSSR count). The Morgan fingerprint density at radius 3 is 2.59 bits per heavy atom. The molecule has 0 aromatic carbocycles. The smallest absolute Gasteiger partial charge is 0.418 e. The van der Waals surface area contributed by atoms with Gasteiger partial charge in [-0.3, -0.25) is 9.36 Å². The van der Waals surface area contributed by atoms with Crippen molar-refractivity contribution in [2.45, 2.75) is 45.6 Å². The highest BCUT2D eigenvalue weighted by Gasteiger charge is 2.23. The van der Waals surface area contributed by atoms with E-state index in [9.17, 15) is 9.59 Å². The number of carbonyl (C=O) groups is 2. The summed E-state index contributed by atoms with van der Waals surface area (Å²) in [6.07, 6.45) is 5.16. The first kappa shape index (κ1) is 11.9. The predicted molar refractivity (Wildman–Crippen MR) is 63.3 cm³/mol. The fourth-order valence-electron chi connectivity index (χ4n) is 1.94. The number of aromatic nitrogens is 1. The number of hydrogen-bond acceptors (Lipinski definition) is 3. The molecule has 0 atom stereocenters. The highest BCUT2D eigenvalue weighted by atomic mass is 16.6. The molecule has 0 radical (unpaired) electrons. The third-order valence-corrected chi connectivity index (χ3v) is 2.66. The van der Waals surface area contributed by atoms with Crippen molar-refractivity contribution in [3.8, 4) is 0 Å². The molecule has 0 fully saturated rings. The molecule has 1 aromatic heterocycles. The van der Waals surface area contributed by atoms with Crippen molar-refractivity contribution in [1.29, 1.82) is 0 Å². The zero-order valence-corrected chi connectivity index (χ0v) is 10.4. The molecule has 17 heavy (non-hydrogen) atoms. The van der Waals surface area contributed by atoms with E-state index >= 15 is 0 Å². The van der Waals surface area contributed by atoms with Crippen molar-refractivity contribution in [3.63, 3.8) is 0 Å². The molecule has 1 aliphatic carbocycles. The minimum Gasteiger partial charge on any atom is -0.443 e. The van der Waals surface area contributed by atoms with Crippen LogP contribution in [0, 0.1) is 0 Å². The summed E-state index contributed by atoms with van der Waals surface area (Å²) in [5.41, 5.74) is 1.10. The summed E-state index contributed by atoms with van der Waals surface area (Å²) in [4.78, 5) is 23.5. The van der Waals surface area contributed by atoms with Crippen molar-refractivity contribution < 1.29 is 14.3 Å². The molecule has 0 N–H and O–H groups in total. The molecular weight excluding hydrogens is 218 g/mol. The topological polar surface area (TPSA) is 48.3 Å². The van der Waals surface area contributed by atoms with Crippen LogP contribution in [-0.4, -0.2) is 22.0 Å².